The third kappa shape index (κ3) is 5.27. The molecule has 1 atom stereocenters. The average Bonchev–Trinajstić information content (AvgIpc) is 2.67. The summed E-state index contributed by atoms with van der Waals surface area (Å²) in [7, 11) is 0. The SMILES string of the molecule is Cc1ccc(C(=O)CCC(=O)N2CCN(Cc3ccccc3)CC2C)cc1. The summed E-state index contributed by atoms with van der Waals surface area (Å²) in [5.74, 6) is 0.126. The van der Waals surface area contributed by atoms with Crippen LogP contribution in [0.25, 0.3) is 0 Å². The third-order valence-electron chi connectivity index (χ3n) is 5.22. The molecule has 1 aliphatic rings. The smallest absolute Gasteiger partial charge is 0.223 e. The van der Waals surface area contributed by atoms with Gasteiger partial charge < -0.3 is 4.90 Å². The van der Waals surface area contributed by atoms with Gasteiger partial charge in [-0.2, -0.15) is 0 Å². The highest BCUT2D eigenvalue weighted by atomic mass is 16.2. The highest BCUT2D eigenvalue weighted by Gasteiger charge is 2.27. The molecule has 4 heteroatoms. The van der Waals surface area contributed by atoms with Crippen LogP contribution in [-0.2, 0) is 11.3 Å². The Bertz CT molecular complexity index is 771. The van der Waals surface area contributed by atoms with Crippen molar-refractivity contribution in [3.05, 3.63) is 71.3 Å². The lowest BCUT2D eigenvalue weighted by atomic mass is 10.0. The van der Waals surface area contributed by atoms with Gasteiger partial charge in [0.25, 0.3) is 0 Å². The monoisotopic (exact) mass is 364 g/mol. The molecule has 27 heavy (non-hydrogen) atoms. The van der Waals surface area contributed by atoms with Crippen molar-refractivity contribution in [2.24, 2.45) is 0 Å². The fourth-order valence-electron chi connectivity index (χ4n) is 3.64. The molecule has 0 radical (unpaired) electrons. The van der Waals surface area contributed by atoms with E-state index >= 15 is 0 Å². The summed E-state index contributed by atoms with van der Waals surface area (Å²) < 4.78 is 0. The summed E-state index contributed by atoms with van der Waals surface area (Å²) in [4.78, 5) is 29.2. The number of Topliss-reactive ketones (excluding diaryl/α,β-unsaturated/α-hetero) is 1. The van der Waals surface area contributed by atoms with E-state index in [1.165, 1.54) is 5.56 Å². The average molecular weight is 364 g/mol. The molecule has 0 aliphatic carbocycles. The molecule has 1 aliphatic heterocycles. The zero-order chi connectivity index (χ0) is 19.2. The molecule has 142 valence electrons. The minimum atomic E-state index is 0.0405. The molecule has 0 bridgehead atoms. The lowest BCUT2D eigenvalue weighted by Crippen LogP contribution is -2.53. The van der Waals surface area contributed by atoms with Gasteiger partial charge in [0.15, 0.2) is 5.78 Å². The molecule has 3 rings (SSSR count). The van der Waals surface area contributed by atoms with Gasteiger partial charge >= 0.3 is 0 Å². The van der Waals surface area contributed by atoms with Gasteiger partial charge in [0, 0.05) is 50.6 Å². The summed E-state index contributed by atoms with van der Waals surface area (Å²) in [5.41, 5.74) is 3.12. The van der Waals surface area contributed by atoms with E-state index in [1.54, 1.807) is 0 Å². The maximum atomic E-state index is 12.6. The van der Waals surface area contributed by atoms with E-state index in [0.717, 1.165) is 31.7 Å². The number of hydrogen-bond donors (Lipinski definition) is 0. The molecule has 2 aromatic rings. The molecule has 0 N–H and O–H groups in total. The van der Waals surface area contributed by atoms with Gasteiger partial charge in [0.05, 0.1) is 0 Å². The Morgan fingerprint density at radius 2 is 1.67 bits per heavy atom. The fraction of sp³-hybridized carbons (Fsp3) is 0.391. The fourth-order valence-corrected chi connectivity index (χ4v) is 3.64. The van der Waals surface area contributed by atoms with Gasteiger partial charge in [0.2, 0.25) is 5.91 Å². The summed E-state index contributed by atoms with van der Waals surface area (Å²) >= 11 is 0. The van der Waals surface area contributed by atoms with E-state index in [9.17, 15) is 9.59 Å². The van der Waals surface area contributed by atoms with Crippen LogP contribution in [0.4, 0.5) is 0 Å². The topological polar surface area (TPSA) is 40.6 Å². The van der Waals surface area contributed by atoms with Crippen molar-refractivity contribution in [3.63, 3.8) is 0 Å². The molecular formula is C23H28N2O2. The number of hydrogen-bond acceptors (Lipinski definition) is 3. The first kappa shape index (κ1) is 19.3. The van der Waals surface area contributed by atoms with Crippen LogP contribution < -0.4 is 0 Å². The molecule has 0 aromatic heterocycles. The zero-order valence-corrected chi connectivity index (χ0v) is 16.2. The van der Waals surface area contributed by atoms with Crippen LogP contribution in [0, 0.1) is 6.92 Å². The third-order valence-corrected chi connectivity index (χ3v) is 5.22. The molecule has 1 amide bonds. The van der Waals surface area contributed by atoms with E-state index in [2.05, 4.69) is 36.1 Å². The number of carbonyl (C=O) groups excluding carboxylic acids is 2. The lowest BCUT2D eigenvalue weighted by Gasteiger charge is -2.40. The first-order valence-corrected chi connectivity index (χ1v) is 9.68. The van der Waals surface area contributed by atoms with E-state index in [-0.39, 0.29) is 30.6 Å². The van der Waals surface area contributed by atoms with Crippen molar-refractivity contribution in [3.8, 4) is 0 Å². The second-order valence-electron chi connectivity index (χ2n) is 7.45. The van der Waals surface area contributed by atoms with Crippen molar-refractivity contribution < 1.29 is 9.59 Å². The molecule has 1 unspecified atom stereocenters. The van der Waals surface area contributed by atoms with Crippen molar-refractivity contribution in [1.29, 1.82) is 0 Å². The Morgan fingerprint density at radius 1 is 0.963 bits per heavy atom. The standard InChI is InChI=1S/C23H28N2O2/c1-18-8-10-21(11-9-18)22(26)12-13-23(27)25-15-14-24(16-19(25)2)17-20-6-4-3-5-7-20/h3-11,19H,12-17H2,1-2H3. The van der Waals surface area contributed by atoms with Gasteiger partial charge in [-0.05, 0) is 19.4 Å². The number of amides is 1. The number of aryl methyl sites for hydroxylation is 1. The lowest BCUT2D eigenvalue weighted by molar-refractivity contribution is -0.135. The first-order valence-electron chi connectivity index (χ1n) is 9.68. The van der Waals surface area contributed by atoms with Crippen molar-refractivity contribution in [1.82, 2.24) is 9.80 Å². The summed E-state index contributed by atoms with van der Waals surface area (Å²) in [5, 5.41) is 0. The van der Waals surface area contributed by atoms with Crippen LogP contribution in [-0.4, -0.2) is 47.2 Å². The van der Waals surface area contributed by atoms with Gasteiger partial charge in [-0.1, -0.05) is 60.2 Å². The predicted octanol–water partition coefficient (Wildman–Crippen LogP) is 3.69. The highest BCUT2D eigenvalue weighted by molar-refractivity contribution is 5.98. The van der Waals surface area contributed by atoms with E-state index in [0.29, 0.717) is 5.56 Å². The zero-order valence-electron chi connectivity index (χ0n) is 16.2. The molecular weight excluding hydrogens is 336 g/mol. The summed E-state index contributed by atoms with van der Waals surface area (Å²) in [6.07, 6.45) is 0.564. The Hall–Kier alpha value is -2.46. The van der Waals surface area contributed by atoms with Crippen LogP contribution in [0.5, 0.6) is 0 Å². The Morgan fingerprint density at radius 3 is 2.33 bits per heavy atom. The molecule has 1 fully saturated rings. The van der Waals surface area contributed by atoms with Crippen LogP contribution in [0.1, 0.15) is 41.3 Å². The van der Waals surface area contributed by atoms with Gasteiger partial charge in [-0.25, -0.2) is 0 Å². The molecule has 1 saturated heterocycles. The second-order valence-corrected chi connectivity index (χ2v) is 7.45. The molecule has 4 nitrogen and oxygen atoms in total. The van der Waals surface area contributed by atoms with Crippen LogP contribution in [0.3, 0.4) is 0 Å². The largest absolute Gasteiger partial charge is 0.337 e. The maximum absolute atomic E-state index is 12.6. The molecule has 0 saturated carbocycles. The number of ketones is 1. The quantitative estimate of drug-likeness (QED) is 0.734. The van der Waals surface area contributed by atoms with Gasteiger partial charge in [-0.15, -0.1) is 0 Å². The maximum Gasteiger partial charge on any atom is 0.223 e. The van der Waals surface area contributed by atoms with Gasteiger partial charge in [-0.3, -0.25) is 14.5 Å². The highest BCUT2D eigenvalue weighted by Crippen LogP contribution is 2.16. The Labute approximate surface area is 161 Å². The normalized spacial score (nSPS) is 17.7. The Balaban J connectivity index is 1.48. The van der Waals surface area contributed by atoms with E-state index < -0.39 is 0 Å². The van der Waals surface area contributed by atoms with E-state index in [4.69, 9.17) is 0 Å². The number of piperazine rings is 1. The summed E-state index contributed by atoms with van der Waals surface area (Å²) in [6, 6.07) is 18.1. The van der Waals surface area contributed by atoms with E-state index in [1.807, 2.05) is 42.2 Å². The number of nitrogens with zero attached hydrogens (tertiary/aromatic N) is 2. The number of carbonyl (C=O) groups is 2. The van der Waals surface area contributed by atoms with Crippen LogP contribution >= 0.6 is 0 Å². The molecule has 1 heterocycles. The Kier molecular flexibility index (Phi) is 6.40. The van der Waals surface area contributed by atoms with Crippen LogP contribution in [0.15, 0.2) is 54.6 Å². The van der Waals surface area contributed by atoms with Crippen molar-refractivity contribution >= 4 is 11.7 Å². The molecule has 2 aromatic carbocycles. The molecule has 0 spiro atoms. The first-order chi connectivity index (χ1) is 13.0. The number of benzene rings is 2. The van der Waals surface area contributed by atoms with Crippen LogP contribution in [0.2, 0.25) is 0 Å². The van der Waals surface area contributed by atoms with Gasteiger partial charge in [0.1, 0.15) is 0 Å². The second kappa shape index (κ2) is 8.96. The summed E-state index contributed by atoms with van der Waals surface area (Å²) in [6.45, 7) is 7.47. The van der Waals surface area contributed by atoms with Crippen molar-refractivity contribution in [2.75, 3.05) is 19.6 Å². The minimum absolute atomic E-state index is 0.0405. The number of rotatable bonds is 6. The van der Waals surface area contributed by atoms with Crippen molar-refractivity contribution in [2.45, 2.75) is 39.3 Å². The minimum Gasteiger partial charge on any atom is -0.337 e. The predicted molar refractivity (Wildman–Crippen MR) is 108 cm³/mol.